The number of aromatic hydroxyl groups is 1. The summed E-state index contributed by atoms with van der Waals surface area (Å²) in [6.07, 6.45) is 10.3. The average Bonchev–Trinajstić information content (AvgIpc) is 2.56. The smallest absolute Gasteiger partial charge is 0.167 e. The summed E-state index contributed by atoms with van der Waals surface area (Å²) >= 11 is 0. The van der Waals surface area contributed by atoms with Gasteiger partial charge in [-0.25, -0.2) is 0 Å². The summed E-state index contributed by atoms with van der Waals surface area (Å²) in [6.45, 7) is 2.49. The fourth-order valence-corrected chi connectivity index (χ4v) is 5.14. The van der Waals surface area contributed by atoms with Crippen molar-refractivity contribution in [3.05, 3.63) is 17.7 Å². The molecule has 0 aliphatic heterocycles. The first kappa shape index (κ1) is 16.5. The van der Waals surface area contributed by atoms with Crippen molar-refractivity contribution in [2.24, 2.45) is 17.3 Å². The van der Waals surface area contributed by atoms with Gasteiger partial charge in [-0.15, -0.1) is 0 Å². The van der Waals surface area contributed by atoms with E-state index in [2.05, 4.69) is 6.92 Å². The van der Waals surface area contributed by atoms with E-state index >= 15 is 0 Å². The van der Waals surface area contributed by atoms with Crippen molar-refractivity contribution >= 4 is 0 Å². The van der Waals surface area contributed by atoms with Gasteiger partial charge in [-0.1, -0.05) is 26.2 Å². The normalized spacial score (nSPS) is 30.6. The number of hydrogen-bond donors (Lipinski definition) is 1. The molecule has 0 heterocycles. The van der Waals surface area contributed by atoms with Crippen LogP contribution in [0.1, 0.15) is 57.4 Å². The van der Waals surface area contributed by atoms with Crippen molar-refractivity contribution in [2.75, 3.05) is 14.2 Å². The number of rotatable bonds is 4. The molecule has 2 aliphatic rings. The summed E-state index contributed by atoms with van der Waals surface area (Å²) in [5, 5.41) is 10.4. The molecule has 0 saturated heterocycles. The van der Waals surface area contributed by atoms with E-state index in [0.717, 1.165) is 17.9 Å². The number of hydrogen-bond acceptors (Lipinski definition) is 3. The first-order valence-electron chi connectivity index (χ1n) is 9.03. The molecule has 0 unspecified atom stereocenters. The second-order valence-corrected chi connectivity index (χ2v) is 7.58. The lowest BCUT2D eigenvalue weighted by Gasteiger charge is -2.51. The van der Waals surface area contributed by atoms with E-state index in [4.69, 9.17) is 9.47 Å². The third-order valence-electron chi connectivity index (χ3n) is 6.56. The van der Waals surface area contributed by atoms with Crippen molar-refractivity contribution in [1.82, 2.24) is 0 Å². The fraction of sp³-hybridized carbons (Fsp3) is 0.700. The highest BCUT2D eigenvalue weighted by atomic mass is 16.5. The second-order valence-electron chi connectivity index (χ2n) is 7.58. The molecular formula is C20H30O3. The Kier molecular flexibility index (Phi) is 4.74. The summed E-state index contributed by atoms with van der Waals surface area (Å²) < 4.78 is 11.0. The summed E-state index contributed by atoms with van der Waals surface area (Å²) in [6, 6.07) is 3.52. The minimum atomic E-state index is 0.337. The monoisotopic (exact) mass is 318 g/mol. The van der Waals surface area contributed by atoms with Gasteiger partial charge in [0.1, 0.15) is 5.75 Å². The highest BCUT2D eigenvalue weighted by Gasteiger charge is 2.45. The van der Waals surface area contributed by atoms with Crippen LogP contribution in [-0.2, 0) is 6.42 Å². The maximum Gasteiger partial charge on any atom is 0.167 e. The van der Waals surface area contributed by atoms with E-state index in [1.165, 1.54) is 44.9 Å². The Hall–Kier alpha value is -1.38. The van der Waals surface area contributed by atoms with Crippen molar-refractivity contribution in [1.29, 1.82) is 0 Å². The number of phenolic OH excluding ortho intramolecular Hbond substituents is 1. The molecule has 3 atom stereocenters. The van der Waals surface area contributed by atoms with Crippen LogP contribution in [0.15, 0.2) is 12.1 Å². The molecule has 1 N–H and O–H groups in total. The first-order chi connectivity index (χ1) is 11.1. The molecule has 3 nitrogen and oxygen atoms in total. The molecule has 0 aromatic heterocycles. The molecule has 2 fully saturated rings. The molecule has 0 bridgehead atoms. The van der Waals surface area contributed by atoms with Gasteiger partial charge in [0.25, 0.3) is 0 Å². The van der Waals surface area contributed by atoms with Gasteiger partial charge in [0.2, 0.25) is 0 Å². The molecule has 128 valence electrons. The van der Waals surface area contributed by atoms with Crippen molar-refractivity contribution in [3.63, 3.8) is 0 Å². The Morgan fingerprint density at radius 3 is 2.61 bits per heavy atom. The van der Waals surface area contributed by atoms with Crippen LogP contribution in [0.4, 0.5) is 0 Å². The van der Waals surface area contributed by atoms with Gasteiger partial charge in [-0.05, 0) is 61.5 Å². The zero-order valence-electron chi connectivity index (χ0n) is 14.7. The van der Waals surface area contributed by atoms with Crippen LogP contribution in [0.3, 0.4) is 0 Å². The molecule has 23 heavy (non-hydrogen) atoms. The maximum absolute atomic E-state index is 10.4. The Labute approximate surface area is 140 Å². The standard InChI is InChI=1S/C20H30O3/c1-20-12-5-4-7-14(20)8-6-9-15(20)13-16-17(21)10-11-18(22-2)19(16)23-3/h10-11,14-15,21H,4-9,12-13H2,1-3H3/t14-,15-,20-/m1/s1. The quantitative estimate of drug-likeness (QED) is 0.854. The lowest BCUT2D eigenvalue weighted by atomic mass is 9.54. The summed E-state index contributed by atoms with van der Waals surface area (Å²) in [5.41, 5.74) is 1.33. The van der Waals surface area contributed by atoms with Gasteiger partial charge >= 0.3 is 0 Å². The van der Waals surface area contributed by atoms with Crippen LogP contribution in [0, 0.1) is 17.3 Å². The number of benzene rings is 1. The van der Waals surface area contributed by atoms with Crippen molar-refractivity contribution < 1.29 is 14.6 Å². The Morgan fingerprint density at radius 2 is 1.87 bits per heavy atom. The molecule has 0 spiro atoms. The first-order valence-corrected chi connectivity index (χ1v) is 9.03. The number of phenols is 1. The summed E-state index contributed by atoms with van der Waals surface area (Å²) in [4.78, 5) is 0. The van der Waals surface area contributed by atoms with Crippen LogP contribution in [-0.4, -0.2) is 19.3 Å². The fourth-order valence-electron chi connectivity index (χ4n) is 5.14. The van der Waals surface area contributed by atoms with Crippen LogP contribution < -0.4 is 9.47 Å². The topological polar surface area (TPSA) is 38.7 Å². The lowest BCUT2D eigenvalue weighted by Crippen LogP contribution is -2.42. The van der Waals surface area contributed by atoms with Gasteiger partial charge in [0.05, 0.1) is 14.2 Å². The maximum atomic E-state index is 10.4. The highest BCUT2D eigenvalue weighted by molar-refractivity contribution is 5.53. The van der Waals surface area contributed by atoms with Gasteiger partial charge in [-0.3, -0.25) is 0 Å². The second kappa shape index (κ2) is 6.62. The van der Waals surface area contributed by atoms with Gasteiger partial charge < -0.3 is 14.6 Å². The van der Waals surface area contributed by atoms with E-state index in [-0.39, 0.29) is 0 Å². The van der Waals surface area contributed by atoms with Crippen LogP contribution >= 0.6 is 0 Å². The summed E-state index contributed by atoms with van der Waals surface area (Å²) in [5.74, 6) is 3.22. The molecular weight excluding hydrogens is 288 g/mol. The molecule has 0 radical (unpaired) electrons. The zero-order valence-corrected chi connectivity index (χ0v) is 14.7. The minimum absolute atomic E-state index is 0.337. The Morgan fingerprint density at radius 1 is 1.09 bits per heavy atom. The molecule has 3 heteroatoms. The van der Waals surface area contributed by atoms with E-state index in [9.17, 15) is 5.11 Å². The molecule has 1 aromatic carbocycles. The Balaban J connectivity index is 1.91. The zero-order chi connectivity index (χ0) is 16.4. The van der Waals surface area contributed by atoms with Gasteiger partial charge in [-0.2, -0.15) is 0 Å². The number of fused-ring (bicyclic) bond motifs is 1. The number of ether oxygens (including phenoxy) is 2. The predicted octanol–water partition coefficient (Wildman–Crippen LogP) is 4.95. The SMILES string of the molecule is COc1ccc(O)c(C[C@H]2CCC[C@H]3CCCC[C@]32C)c1OC. The molecule has 3 rings (SSSR count). The molecule has 0 amide bonds. The third kappa shape index (κ3) is 2.90. The predicted molar refractivity (Wildman–Crippen MR) is 92.3 cm³/mol. The third-order valence-corrected chi connectivity index (χ3v) is 6.56. The van der Waals surface area contributed by atoms with E-state index in [1.807, 2.05) is 0 Å². The molecule has 2 aliphatic carbocycles. The minimum Gasteiger partial charge on any atom is -0.508 e. The molecule has 1 aromatic rings. The summed E-state index contributed by atoms with van der Waals surface area (Å²) in [7, 11) is 3.31. The largest absolute Gasteiger partial charge is 0.508 e. The van der Waals surface area contributed by atoms with E-state index in [0.29, 0.717) is 28.6 Å². The molecule has 2 saturated carbocycles. The van der Waals surface area contributed by atoms with Gasteiger partial charge in [0.15, 0.2) is 11.5 Å². The van der Waals surface area contributed by atoms with Crippen molar-refractivity contribution in [3.8, 4) is 17.2 Å². The number of methoxy groups -OCH3 is 2. The van der Waals surface area contributed by atoms with Crippen LogP contribution in [0.2, 0.25) is 0 Å². The van der Waals surface area contributed by atoms with Crippen molar-refractivity contribution in [2.45, 2.75) is 58.3 Å². The van der Waals surface area contributed by atoms with Gasteiger partial charge in [0, 0.05) is 5.56 Å². The van der Waals surface area contributed by atoms with E-state index in [1.54, 1.807) is 26.4 Å². The highest BCUT2D eigenvalue weighted by Crippen LogP contribution is 2.55. The van der Waals surface area contributed by atoms with Crippen LogP contribution in [0.5, 0.6) is 17.2 Å². The Bertz CT molecular complexity index is 552. The van der Waals surface area contributed by atoms with Crippen LogP contribution in [0.25, 0.3) is 0 Å². The average molecular weight is 318 g/mol. The van der Waals surface area contributed by atoms with E-state index < -0.39 is 0 Å². The lowest BCUT2D eigenvalue weighted by molar-refractivity contribution is 0.00138.